The number of hydrogen-bond acceptors (Lipinski definition) is 5. The van der Waals surface area contributed by atoms with Crippen LogP contribution < -0.4 is 15.2 Å². The summed E-state index contributed by atoms with van der Waals surface area (Å²) in [6, 6.07) is 10.1. The van der Waals surface area contributed by atoms with E-state index in [4.69, 9.17) is 15.2 Å². The molecule has 0 radical (unpaired) electrons. The second-order valence-corrected chi connectivity index (χ2v) is 7.47. The third-order valence-corrected chi connectivity index (χ3v) is 5.34. The fourth-order valence-corrected chi connectivity index (χ4v) is 3.92. The average Bonchev–Trinajstić information content (AvgIpc) is 3.01. The summed E-state index contributed by atoms with van der Waals surface area (Å²) in [5.41, 5.74) is 11.1. The molecule has 146 valence electrons. The molecule has 1 aliphatic rings. The van der Waals surface area contributed by atoms with Crippen LogP contribution in [-0.4, -0.2) is 29.0 Å². The van der Waals surface area contributed by atoms with Crippen molar-refractivity contribution >= 4 is 5.69 Å². The van der Waals surface area contributed by atoms with Gasteiger partial charge in [-0.25, -0.2) is 0 Å². The van der Waals surface area contributed by atoms with Crippen molar-refractivity contribution in [2.75, 3.05) is 20.0 Å². The maximum absolute atomic E-state index is 6.03. The second kappa shape index (κ2) is 7.19. The van der Waals surface area contributed by atoms with Gasteiger partial charge in [0.1, 0.15) is 17.3 Å². The third kappa shape index (κ3) is 2.99. The van der Waals surface area contributed by atoms with Crippen molar-refractivity contribution in [1.82, 2.24) is 14.8 Å². The van der Waals surface area contributed by atoms with E-state index < -0.39 is 0 Å². The van der Waals surface area contributed by atoms with E-state index >= 15 is 0 Å². The van der Waals surface area contributed by atoms with Crippen LogP contribution in [0.25, 0.3) is 17.1 Å². The van der Waals surface area contributed by atoms with Crippen molar-refractivity contribution in [2.24, 2.45) is 0 Å². The number of fused-ring (bicyclic) bond motifs is 3. The van der Waals surface area contributed by atoms with Crippen molar-refractivity contribution in [2.45, 2.75) is 39.0 Å². The predicted octanol–water partition coefficient (Wildman–Crippen LogP) is 4.15. The topological polar surface area (TPSA) is 75.2 Å². The van der Waals surface area contributed by atoms with Crippen molar-refractivity contribution < 1.29 is 9.47 Å². The Bertz CT molecular complexity index is 1020. The van der Waals surface area contributed by atoms with Crippen LogP contribution in [0.3, 0.4) is 0 Å². The number of aryl methyl sites for hydroxylation is 2. The maximum Gasteiger partial charge on any atom is 0.172 e. The first-order valence-corrected chi connectivity index (χ1v) is 9.62. The van der Waals surface area contributed by atoms with Crippen molar-refractivity contribution in [3.05, 3.63) is 47.3 Å². The number of nitrogens with two attached hydrogens (primary N) is 1. The van der Waals surface area contributed by atoms with Gasteiger partial charge in [-0.05, 0) is 54.2 Å². The summed E-state index contributed by atoms with van der Waals surface area (Å²) in [5.74, 6) is 3.59. The van der Waals surface area contributed by atoms with Crippen LogP contribution in [0.2, 0.25) is 0 Å². The lowest BCUT2D eigenvalue weighted by Gasteiger charge is -2.18. The lowest BCUT2D eigenvalue weighted by Crippen LogP contribution is -2.05. The Morgan fingerprint density at radius 3 is 2.50 bits per heavy atom. The van der Waals surface area contributed by atoms with Gasteiger partial charge in [-0.1, -0.05) is 13.8 Å². The molecule has 28 heavy (non-hydrogen) atoms. The maximum atomic E-state index is 6.03. The van der Waals surface area contributed by atoms with Gasteiger partial charge in [-0.2, -0.15) is 0 Å². The summed E-state index contributed by atoms with van der Waals surface area (Å²) in [5, 5.41) is 9.06. The number of nitrogens with zero attached hydrogens (tertiary/aromatic N) is 3. The average molecular weight is 378 g/mol. The summed E-state index contributed by atoms with van der Waals surface area (Å²) < 4.78 is 13.4. The molecule has 2 N–H and O–H groups in total. The standard InChI is InChI=1S/C22H26N4O2/c1-13(2)16-11-17(20(28-4)12-19(16)27-3)22-25-24-21-7-5-6-14-10-15(23)8-9-18(14)26(21)22/h8-13H,5-7,23H2,1-4H3. The quantitative estimate of drug-likeness (QED) is 0.691. The van der Waals surface area contributed by atoms with Gasteiger partial charge in [-0.15, -0.1) is 10.2 Å². The Morgan fingerprint density at radius 1 is 1.00 bits per heavy atom. The van der Waals surface area contributed by atoms with E-state index in [0.717, 1.165) is 64.9 Å². The predicted molar refractivity (Wildman–Crippen MR) is 110 cm³/mol. The zero-order valence-corrected chi connectivity index (χ0v) is 16.8. The van der Waals surface area contributed by atoms with Gasteiger partial charge >= 0.3 is 0 Å². The minimum Gasteiger partial charge on any atom is -0.496 e. The number of benzene rings is 2. The molecule has 6 nitrogen and oxygen atoms in total. The molecule has 0 fully saturated rings. The number of methoxy groups -OCH3 is 2. The van der Waals surface area contributed by atoms with E-state index in [1.54, 1.807) is 14.2 Å². The van der Waals surface area contributed by atoms with E-state index in [-0.39, 0.29) is 0 Å². The molecule has 1 aliphatic heterocycles. The molecule has 4 rings (SSSR count). The number of ether oxygens (including phenoxy) is 2. The van der Waals surface area contributed by atoms with Crippen LogP contribution >= 0.6 is 0 Å². The Hall–Kier alpha value is -3.02. The highest BCUT2D eigenvalue weighted by Gasteiger charge is 2.24. The van der Waals surface area contributed by atoms with E-state index in [2.05, 4.69) is 46.8 Å². The molecule has 0 saturated heterocycles. The Balaban J connectivity index is 1.98. The molecule has 0 aliphatic carbocycles. The largest absolute Gasteiger partial charge is 0.496 e. The van der Waals surface area contributed by atoms with Gasteiger partial charge in [0.25, 0.3) is 0 Å². The fraction of sp³-hybridized carbons (Fsp3) is 0.364. The lowest BCUT2D eigenvalue weighted by atomic mass is 9.98. The highest BCUT2D eigenvalue weighted by molar-refractivity contribution is 5.71. The molecule has 0 amide bonds. The van der Waals surface area contributed by atoms with Gasteiger partial charge in [0.2, 0.25) is 0 Å². The molecule has 3 aromatic rings. The van der Waals surface area contributed by atoms with E-state index in [1.807, 2.05) is 12.1 Å². The highest BCUT2D eigenvalue weighted by Crippen LogP contribution is 2.40. The molecule has 2 aromatic carbocycles. The summed E-state index contributed by atoms with van der Waals surface area (Å²) in [6.45, 7) is 4.30. The first-order chi connectivity index (χ1) is 13.5. The van der Waals surface area contributed by atoms with Gasteiger partial charge in [-0.3, -0.25) is 4.57 Å². The van der Waals surface area contributed by atoms with Crippen LogP contribution in [0, 0.1) is 0 Å². The zero-order chi connectivity index (χ0) is 19.8. The highest BCUT2D eigenvalue weighted by atomic mass is 16.5. The molecule has 0 atom stereocenters. The monoisotopic (exact) mass is 378 g/mol. The van der Waals surface area contributed by atoms with Crippen LogP contribution in [0.4, 0.5) is 5.69 Å². The Labute approximate surface area is 165 Å². The molecule has 1 aromatic heterocycles. The molecule has 2 heterocycles. The normalized spacial score (nSPS) is 13.0. The van der Waals surface area contributed by atoms with Crippen LogP contribution in [-0.2, 0) is 12.8 Å². The number of anilines is 1. The third-order valence-electron chi connectivity index (χ3n) is 5.34. The Kier molecular flexibility index (Phi) is 4.71. The number of nitrogen functional groups attached to an aromatic ring is 1. The molecule has 0 unspecified atom stereocenters. The number of rotatable bonds is 4. The van der Waals surface area contributed by atoms with E-state index in [9.17, 15) is 0 Å². The first kappa shape index (κ1) is 18.3. The van der Waals surface area contributed by atoms with E-state index in [1.165, 1.54) is 5.56 Å². The van der Waals surface area contributed by atoms with Crippen molar-refractivity contribution in [3.8, 4) is 28.6 Å². The van der Waals surface area contributed by atoms with Crippen molar-refractivity contribution in [3.63, 3.8) is 0 Å². The second-order valence-electron chi connectivity index (χ2n) is 7.47. The van der Waals surface area contributed by atoms with Crippen LogP contribution in [0.5, 0.6) is 11.5 Å². The lowest BCUT2D eigenvalue weighted by molar-refractivity contribution is 0.390. The minimum absolute atomic E-state index is 0.304. The Morgan fingerprint density at radius 2 is 1.79 bits per heavy atom. The molecule has 0 saturated carbocycles. The first-order valence-electron chi connectivity index (χ1n) is 9.62. The fourth-order valence-electron chi connectivity index (χ4n) is 3.92. The molecule has 0 spiro atoms. The summed E-state index contributed by atoms with van der Waals surface area (Å²) >= 11 is 0. The van der Waals surface area contributed by atoms with Gasteiger partial charge in [0, 0.05) is 18.2 Å². The molecular formula is C22H26N4O2. The zero-order valence-electron chi connectivity index (χ0n) is 16.8. The van der Waals surface area contributed by atoms with E-state index in [0.29, 0.717) is 5.92 Å². The van der Waals surface area contributed by atoms with Crippen LogP contribution in [0.1, 0.15) is 43.1 Å². The van der Waals surface area contributed by atoms with Crippen molar-refractivity contribution in [1.29, 1.82) is 0 Å². The summed E-state index contributed by atoms with van der Waals surface area (Å²) in [7, 11) is 3.35. The molecular weight excluding hydrogens is 352 g/mol. The summed E-state index contributed by atoms with van der Waals surface area (Å²) in [6.07, 6.45) is 2.86. The SMILES string of the molecule is COc1cc(OC)c(C(C)C)cc1-c1nnc2n1-c1ccc(N)cc1CCC2. The number of aromatic nitrogens is 3. The van der Waals surface area contributed by atoms with Gasteiger partial charge in [0.05, 0.1) is 25.5 Å². The van der Waals surface area contributed by atoms with Crippen LogP contribution in [0.15, 0.2) is 30.3 Å². The van der Waals surface area contributed by atoms with Gasteiger partial charge < -0.3 is 15.2 Å². The summed E-state index contributed by atoms with van der Waals surface area (Å²) in [4.78, 5) is 0. The molecule has 6 heteroatoms. The minimum atomic E-state index is 0.304. The molecule has 0 bridgehead atoms. The smallest absolute Gasteiger partial charge is 0.172 e. The number of hydrogen-bond donors (Lipinski definition) is 1. The van der Waals surface area contributed by atoms with Gasteiger partial charge in [0.15, 0.2) is 5.82 Å².